The van der Waals surface area contributed by atoms with Gasteiger partial charge in [0.2, 0.25) is 5.91 Å². The van der Waals surface area contributed by atoms with Crippen LogP contribution in [0.4, 0.5) is 13.2 Å². The average molecular weight is 315 g/mol. The van der Waals surface area contributed by atoms with Crippen molar-refractivity contribution in [3.8, 4) is 0 Å². The molecule has 122 valence electrons. The van der Waals surface area contributed by atoms with E-state index in [-0.39, 0.29) is 24.8 Å². The van der Waals surface area contributed by atoms with E-state index in [1.165, 1.54) is 12.1 Å². The van der Waals surface area contributed by atoms with E-state index >= 15 is 0 Å². The summed E-state index contributed by atoms with van der Waals surface area (Å²) in [5.74, 6) is 0.0449. The summed E-state index contributed by atoms with van der Waals surface area (Å²) >= 11 is 0. The highest BCUT2D eigenvalue weighted by atomic mass is 19.4. The molecule has 0 aliphatic heterocycles. The van der Waals surface area contributed by atoms with Crippen molar-refractivity contribution in [3.05, 3.63) is 35.4 Å². The van der Waals surface area contributed by atoms with Gasteiger partial charge in [-0.15, -0.1) is 0 Å². The molecule has 3 nitrogen and oxygen atoms in total. The SMILES string of the molecule is CC(O)(CNC(=O)CCc1ccc(C(F)(F)F)cc1)C1CC1. The van der Waals surface area contributed by atoms with Crippen molar-refractivity contribution in [2.24, 2.45) is 5.92 Å². The Morgan fingerprint density at radius 3 is 2.36 bits per heavy atom. The van der Waals surface area contributed by atoms with E-state index in [0.717, 1.165) is 25.0 Å². The smallest absolute Gasteiger partial charge is 0.388 e. The Balaban J connectivity index is 1.76. The summed E-state index contributed by atoms with van der Waals surface area (Å²) in [4.78, 5) is 11.7. The lowest BCUT2D eigenvalue weighted by Crippen LogP contribution is -2.42. The van der Waals surface area contributed by atoms with Gasteiger partial charge < -0.3 is 10.4 Å². The number of carbonyl (C=O) groups excluding carboxylic acids is 1. The number of aliphatic hydroxyl groups is 1. The highest BCUT2D eigenvalue weighted by Gasteiger charge is 2.39. The highest BCUT2D eigenvalue weighted by Crippen LogP contribution is 2.39. The van der Waals surface area contributed by atoms with E-state index in [4.69, 9.17) is 0 Å². The van der Waals surface area contributed by atoms with Gasteiger partial charge in [0.1, 0.15) is 0 Å². The Morgan fingerprint density at radius 2 is 1.86 bits per heavy atom. The summed E-state index contributed by atoms with van der Waals surface area (Å²) in [6, 6.07) is 4.81. The number of nitrogens with one attached hydrogen (secondary N) is 1. The van der Waals surface area contributed by atoms with Crippen molar-refractivity contribution < 1.29 is 23.1 Å². The fourth-order valence-corrected chi connectivity index (χ4v) is 2.33. The Kier molecular flexibility index (Phi) is 4.80. The van der Waals surface area contributed by atoms with Crippen LogP contribution in [0.25, 0.3) is 0 Å². The number of carbonyl (C=O) groups is 1. The normalized spacial score (nSPS) is 17.9. The number of hydrogen-bond acceptors (Lipinski definition) is 2. The Morgan fingerprint density at radius 1 is 1.27 bits per heavy atom. The zero-order valence-corrected chi connectivity index (χ0v) is 12.4. The lowest BCUT2D eigenvalue weighted by molar-refractivity contribution is -0.137. The van der Waals surface area contributed by atoms with Crippen molar-refractivity contribution in [1.82, 2.24) is 5.32 Å². The van der Waals surface area contributed by atoms with Crippen LogP contribution in [0.3, 0.4) is 0 Å². The predicted molar refractivity (Wildman–Crippen MR) is 76.1 cm³/mol. The van der Waals surface area contributed by atoms with Crippen LogP contribution < -0.4 is 5.32 Å². The molecule has 2 N–H and O–H groups in total. The molecule has 0 aromatic heterocycles. The van der Waals surface area contributed by atoms with Gasteiger partial charge in [-0.05, 0) is 49.8 Å². The monoisotopic (exact) mass is 315 g/mol. The number of amides is 1. The summed E-state index contributed by atoms with van der Waals surface area (Å²) in [5, 5.41) is 12.8. The van der Waals surface area contributed by atoms with E-state index < -0.39 is 17.3 Å². The molecule has 0 bridgehead atoms. The molecule has 0 saturated heterocycles. The molecule has 0 spiro atoms. The van der Waals surface area contributed by atoms with Crippen LogP contribution >= 0.6 is 0 Å². The van der Waals surface area contributed by atoms with Crippen molar-refractivity contribution in [2.45, 2.75) is 44.4 Å². The molecular weight excluding hydrogens is 295 g/mol. The fourth-order valence-electron chi connectivity index (χ4n) is 2.33. The third kappa shape index (κ3) is 4.73. The number of rotatable bonds is 6. The van der Waals surface area contributed by atoms with Gasteiger partial charge in [-0.3, -0.25) is 4.79 Å². The Bertz CT molecular complexity index is 519. The molecule has 22 heavy (non-hydrogen) atoms. The van der Waals surface area contributed by atoms with Gasteiger partial charge in [-0.2, -0.15) is 13.2 Å². The average Bonchev–Trinajstić information content (AvgIpc) is 3.27. The number of benzene rings is 1. The second kappa shape index (κ2) is 6.28. The van der Waals surface area contributed by atoms with Gasteiger partial charge in [0, 0.05) is 13.0 Å². The van der Waals surface area contributed by atoms with Crippen molar-refractivity contribution in [3.63, 3.8) is 0 Å². The molecule has 1 saturated carbocycles. The summed E-state index contributed by atoms with van der Waals surface area (Å²) < 4.78 is 37.3. The predicted octanol–water partition coefficient (Wildman–Crippen LogP) is 2.92. The number of halogens is 3. The van der Waals surface area contributed by atoms with Crippen molar-refractivity contribution >= 4 is 5.91 Å². The standard InChI is InChI=1S/C16H20F3NO2/c1-15(22,12-7-8-12)10-20-14(21)9-4-11-2-5-13(6-3-11)16(17,18)19/h2-3,5-6,12,22H,4,7-10H2,1H3,(H,20,21). The van der Waals surface area contributed by atoms with Gasteiger partial charge >= 0.3 is 6.18 Å². The largest absolute Gasteiger partial charge is 0.416 e. The third-order valence-electron chi connectivity index (χ3n) is 4.02. The van der Waals surface area contributed by atoms with E-state index in [9.17, 15) is 23.1 Å². The molecule has 1 amide bonds. The summed E-state index contributed by atoms with van der Waals surface area (Å²) in [6.45, 7) is 1.92. The molecule has 1 fully saturated rings. The number of hydrogen-bond donors (Lipinski definition) is 2. The fraction of sp³-hybridized carbons (Fsp3) is 0.562. The van der Waals surface area contributed by atoms with Crippen LogP contribution in [0, 0.1) is 5.92 Å². The first-order chi connectivity index (χ1) is 10.2. The molecule has 1 atom stereocenters. The highest BCUT2D eigenvalue weighted by molar-refractivity contribution is 5.76. The topological polar surface area (TPSA) is 49.3 Å². The van der Waals surface area contributed by atoms with Crippen LogP contribution in [0.1, 0.15) is 37.3 Å². The van der Waals surface area contributed by atoms with E-state index in [2.05, 4.69) is 5.32 Å². The van der Waals surface area contributed by atoms with Crippen molar-refractivity contribution in [1.29, 1.82) is 0 Å². The second-order valence-electron chi connectivity index (χ2n) is 6.10. The first-order valence-corrected chi connectivity index (χ1v) is 7.34. The molecule has 2 rings (SSSR count). The molecule has 1 aromatic rings. The van der Waals surface area contributed by atoms with Crippen molar-refractivity contribution in [2.75, 3.05) is 6.54 Å². The minimum Gasteiger partial charge on any atom is -0.388 e. The first-order valence-electron chi connectivity index (χ1n) is 7.34. The van der Waals surface area contributed by atoms with Gasteiger partial charge in [0.15, 0.2) is 0 Å². The molecule has 0 heterocycles. The van der Waals surface area contributed by atoms with Gasteiger partial charge in [-0.25, -0.2) is 0 Å². The lowest BCUT2D eigenvalue weighted by Gasteiger charge is -2.23. The minimum atomic E-state index is -4.34. The number of aryl methyl sites for hydroxylation is 1. The van der Waals surface area contributed by atoms with Crippen LogP contribution in [0.15, 0.2) is 24.3 Å². The van der Waals surface area contributed by atoms with Gasteiger partial charge in [-0.1, -0.05) is 12.1 Å². The zero-order valence-electron chi connectivity index (χ0n) is 12.4. The maximum absolute atomic E-state index is 12.4. The molecule has 6 heteroatoms. The molecule has 1 aliphatic rings. The summed E-state index contributed by atoms with van der Waals surface area (Å²) in [5.41, 5.74) is -0.886. The molecular formula is C16H20F3NO2. The van der Waals surface area contributed by atoms with Gasteiger partial charge in [0.25, 0.3) is 0 Å². The summed E-state index contributed by atoms with van der Waals surface area (Å²) in [7, 11) is 0. The molecule has 1 aliphatic carbocycles. The van der Waals surface area contributed by atoms with Crippen LogP contribution in [-0.4, -0.2) is 23.2 Å². The summed E-state index contributed by atoms with van der Waals surface area (Å²) in [6.07, 6.45) is -1.82. The quantitative estimate of drug-likeness (QED) is 0.848. The van der Waals surface area contributed by atoms with Crippen LogP contribution in [0.2, 0.25) is 0 Å². The second-order valence-corrected chi connectivity index (χ2v) is 6.10. The van der Waals surface area contributed by atoms with Gasteiger partial charge in [0.05, 0.1) is 11.2 Å². The molecule has 0 radical (unpaired) electrons. The Hall–Kier alpha value is -1.56. The maximum Gasteiger partial charge on any atom is 0.416 e. The molecule has 1 unspecified atom stereocenters. The Labute approximate surface area is 127 Å². The van der Waals surface area contributed by atoms with Crippen LogP contribution in [-0.2, 0) is 17.4 Å². The minimum absolute atomic E-state index is 0.187. The maximum atomic E-state index is 12.4. The van der Waals surface area contributed by atoms with Crippen LogP contribution in [0.5, 0.6) is 0 Å². The zero-order chi connectivity index (χ0) is 16.4. The lowest BCUT2D eigenvalue weighted by atomic mass is 10.0. The number of alkyl halides is 3. The molecule has 1 aromatic carbocycles. The third-order valence-corrected chi connectivity index (χ3v) is 4.02. The van der Waals surface area contributed by atoms with E-state index in [1.807, 2.05) is 0 Å². The van der Waals surface area contributed by atoms with E-state index in [0.29, 0.717) is 12.0 Å². The first kappa shape index (κ1) is 16.8. The van der Waals surface area contributed by atoms with E-state index in [1.54, 1.807) is 6.92 Å².